The molecule has 0 atom stereocenters. The molecule has 1 saturated carbocycles. The van der Waals surface area contributed by atoms with E-state index in [4.69, 9.17) is 0 Å². The van der Waals surface area contributed by atoms with Gasteiger partial charge in [0.25, 0.3) is 0 Å². The predicted molar refractivity (Wildman–Crippen MR) is 66.7 cm³/mol. The van der Waals surface area contributed by atoms with Crippen molar-refractivity contribution in [2.45, 2.75) is 40.0 Å². The molecule has 1 aliphatic carbocycles. The Hall–Kier alpha value is 0.310. The van der Waals surface area contributed by atoms with Crippen molar-refractivity contribution in [3.05, 3.63) is 0 Å². The number of rotatable bonds is 0. The zero-order valence-electron chi connectivity index (χ0n) is 10.5. The summed E-state index contributed by atoms with van der Waals surface area (Å²) in [7, 11) is 3.25. The maximum absolute atomic E-state index is 4.25. The highest BCUT2D eigenvalue weighted by Crippen LogP contribution is 2.26. The molecular formula is C11H28OS. The van der Waals surface area contributed by atoms with Crippen molar-refractivity contribution in [2.75, 3.05) is 26.7 Å². The molecule has 0 spiro atoms. The molecule has 0 aliphatic heterocycles. The van der Waals surface area contributed by atoms with Gasteiger partial charge in [0, 0.05) is 14.2 Å². The summed E-state index contributed by atoms with van der Waals surface area (Å²) in [5.41, 5.74) is 0. The van der Waals surface area contributed by atoms with Gasteiger partial charge in [0.05, 0.1) is 0 Å². The van der Waals surface area contributed by atoms with Crippen molar-refractivity contribution in [3.8, 4) is 0 Å². The van der Waals surface area contributed by atoms with Crippen LogP contribution in [0, 0.1) is 5.92 Å². The molecule has 0 aromatic rings. The fourth-order valence-corrected chi connectivity index (χ4v) is 0.167. The lowest BCUT2D eigenvalue weighted by Gasteiger charge is -1.61. The van der Waals surface area contributed by atoms with E-state index in [0.29, 0.717) is 0 Å². The van der Waals surface area contributed by atoms with Gasteiger partial charge in [-0.05, 0) is 18.4 Å². The smallest absolute Gasteiger partial charge is 0.0351 e. The van der Waals surface area contributed by atoms with Crippen molar-refractivity contribution in [1.82, 2.24) is 0 Å². The maximum Gasteiger partial charge on any atom is 0.0351 e. The molecule has 1 fully saturated rings. The molecule has 0 bridgehead atoms. The van der Waals surface area contributed by atoms with Crippen LogP contribution in [-0.4, -0.2) is 26.7 Å². The number of hydrogen-bond acceptors (Lipinski definition) is 2. The van der Waals surface area contributed by atoms with Crippen molar-refractivity contribution in [3.63, 3.8) is 0 Å². The summed E-state index contributed by atoms with van der Waals surface area (Å²) in [6.45, 7) is 6.53. The van der Waals surface area contributed by atoms with E-state index in [-0.39, 0.29) is 0 Å². The molecule has 0 saturated heterocycles. The van der Waals surface area contributed by atoms with Gasteiger partial charge in [-0.3, -0.25) is 0 Å². The van der Waals surface area contributed by atoms with Crippen LogP contribution in [0.1, 0.15) is 40.0 Å². The average molecular weight is 208 g/mol. The molecule has 1 nitrogen and oxygen atoms in total. The molecule has 0 radical (unpaired) electrons. The van der Waals surface area contributed by atoms with Crippen LogP contribution in [0.3, 0.4) is 0 Å². The minimum absolute atomic E-state index is 1.08. The van der Waals surface area contributed by atoms with Crippen LogP contribution in [0.2, 0.25) is 0 Å². The topological polar surface area (TPSA) is 9.23 Å². The number of hydrogen-bond donors (Lipinski definition) is 0. The summed E-state index contributed by atoms with van der Waals surface area (Å²) in [4.78, 5) is 0. The summed E-state index contributed by atoms with van der Waals surface area (Å²) < 4.78 is 4.25. The van der Waals surface area contributed by atoms with E-state index in [1.807, 2.05) is 12.5 Å². The van der Waals surface area contributed by atoms with Crippen LogP contribution < -0.4 is 0 Å². The van der Waals surface area contributed by atoms with E-state index >= 15 is 0 Å². The Kier molecular flexibility index (Phi) is 33.3. The Labute approximate surface area is 89.6 Å². The van der Waals surface area contributed by atoms with Gasteiger partial charge in [-0.1, -0.05) is 40.0 Å². The first-order chi connectivity index (χ1) is 6.14. The lowest BCUT2D eigenvalue weighted by molar-refractivity contribution is 0.277. The average Bonchev–Trinajstić information content (AvgIpc) is 2.76. The Bertz CT molecular complexity index is 49.3. The van der Waals surface area contributed by atoms with Gasteiger partial charge in [0.1, 0.15) is 0 Å². The van der Waals surface area contributed by atoms with Gasteiger partial charge in [0.15, 0.2) is 0 Å². The lowest BCUT2D eigenvalue weighted by atomic mass is 10.5. The zero-order valence-corrected chi connectivity index (χ0v) is 11.3. The van der Waals surface area contributed by atoms with Gasteiger partial charge in [0.2, 0.25) is 0 Å². The number of ether oxygens (including phenoxy) is 1. The Morgan fingerprint density at radius 2 is 1.23 bits per heavy atom. The van der Waals surface area contributed by atoms with Gasteiger partial charge in [-0.15, -0.1) is 0 Å². The molecule has 0 N–H and O–H groups in total. The molecule has 0 unspecified atom stereocenters. The van der Waals surface area contributed by atoms with Crippen LogP contribution in [0.5, 0.6) is 0 Å². The minimum Gasteiger partial charge on any atom is -0.388 e. The fraction of sp³-hybridized carbons (Fsp3) is 1.00. The third-order valence-electron chi connectivity index (χ3n) is 0.866. The molecule has 0 aromatic carbocycles. The summed E-state index contributed by atoms with van der Waals surface area (Å²) in [5.74, 6) is 1.08. The van der Waals surface area contributed by atoms with E-state index in [1.165, 1.54) is 19.3 Å². The van der Waals surface area contributed by atoms with Crippen LogP contribution in [-0.2, 0) is 4.74 Å². The lowest BCUT2D eigenvalue weighted by Crippen LogP contribution is -1.55. The van der Waals surface area contributed by atoms with Gasteiger partial charge >= 0.3 is 0 Å². The molecule has 84 valence electrons. The third-order valence-corrected chi connectivity index (χ3v) is 0.866. The van der Waals surface area contributed by atoms with Gasteiger partial charge < -0.3 is 4.74 Å². The Balaban J connectivity index is -0.000000104. The second kappa shape index (κ2) is 22.8. The highest BCUT2D eigenvalue weighted by Gasteiger charge is 2.12. The van der Waals surface area contributed by atoms with Crippen molar-refractivity contribution in [1.29, 1.82) is 0 Å². The number of thioether (sulfide) groups is 1. The standard InChI is InChI=1S/C4H8.C3H8.C2H6O.C2H6S/c1-4-2-3-4;3*1-3-2/h4H,2-3H2,1H3;3H2,1-2H3;2*1-2H3. The molecule has 0 amide bonds. The largest absolute Gasteiger partial charge is 0.388 e. The highest BCUT2D eigenvalue weighted by molar-refractivity contribution is 7.97. The first-order valence-electron chi connectivity index (χ1n) is 4.94. The van der Waals surface area contributed by atoms with E-state index in [0.717, 1.165) is 5.92 Å². The van der Waals surface area contributed by atoms with E-state index in [9.17, 15) is 0 Å². The second-order valence-corrected chi connectivity index (χ2v) is 4.02. The van der Waals surface area contributed by atoms with E-state index < -0.39 is 0 Å². The quantitative estimate of drug-likeness (QED) is 0.593. The summed E-state index contributed by atoms with van der Waals surface area (Å²) in [5, 5.41) is 0. The van der Waals surface area contributed by atoms with Crippen LogP contribution >= 0.6 is 11.8 Å². The van der Waals surface area contributed by atoms with E-state index in [1.54, 1.807) is 26.0 Å². The normalized spacial score (nSPS) is 12.2. The molecule has 0 heterocycles. The summed E-state index contributed by atoms with van der Waals surface area (Å²) >= 11 is 1.75. The van der Waals surface area contributed by atoms with Crippen molar-refractivity contribution in [2.24, 2.45) is 5.92 Å². The highest BCUT2D eigenvalue weighted by atomic mass is 32.2. The molecule has 0 aromatic heterocycles. The third kappa shape index (κ3) is 119. The van der Waals surface area contributed by atoms with Crippen molar-refractivity contribution >= 4 is 11.8 Å². The van der Waals surface area contributed by atoms with Gasteiger partial charge in [-0.25, -0.2) is 0 Å². The van der Waals surface area contributed by atoms with E-state index in [2.05, 4.69) is 25.5 Å². The van der Waals surface area contributed by atoms with Gasteiger partial charge in [-0.2, -0.15) is 11.8 Å². The zero-order chi connectivity index (χ0) is 11.1. The fourth-order valence-electron chi connectivity index (χ4n) is 0.167. The minimum atomic E-state index is 1.08. The molecule has 13 heavy (non-hydrogen) atoms. The first-order valence-corrected chi connectivity index (χ1v) is 6.57. The van der Waals surface area contributed by atoms with Crippen LogP contribution in [0.4, 0.5) is 0 Å². The van der Waals surface area contributed by atoms with Crippen LogP contribution in [0.25, 0.3) is 0 Å². The SMILES string of the molecule is CC1CC1.CCC.COC.CSC. The van der Waals surface area contributed by atoms with Crippen molar-refractivity contribution < 1.29 is 4.74 Å². The molecular weight excluding hydrogens is 180 g/mol. The monoisotopic (exact) mass is 208 g/mol. The molecule has 2 heteroatoms. The summed E-state index contributed by atoms with van der Waals surface area (Å²) in [6, 6.07) is 0. The molecule has 1 rings (SSSR count). The first kappa shape index (κ1) is 19.0. The maximum atomic E-state index is 4.25. The summed E-state index contributed by atoms with van der Waals surface area (Å²) in [6.07, 6.45) is 8.31. The molecule has 1 aliphatic rings. The Morgan fingerprint density at radius 1 is 1.15 bits per heavy atom. The predicted octanol–water partition coefficient (Wildman–Crippen LogP) is 4.07. The Morgan fingerprint density at radius 3 is 1.23 bits per heavy atom. The second-order valence-electron chi connectivity index (χ2n) is 3.21. The van der Waals surface area contributed by atoms with Crippen LogP contribution in [0.15, 0.2) is 0 Å². The number of methoxy groups -OCH3 is 1.